The highest BCUT2D eigenvalue weighted by molar-refractivity contribution is 7.21. The molecular formula is C24H23N3OS2. The lowest BCUT2D eigenvalue weighted by Gasteiger charge is -2.19. The van der Waals surface area contributed by atoms with E-state index in [4.69, 9.17) is 10.7 Å². The highest BCUT2D eigenvalue weighted by Crippen LogP contribution is 2.45. The monoisotopic (exact) mass is 433 g/mol. The number of aromatic nitrogens is 1. The van der Waals surface area contributed by atoms with E-state index in [1.54, 1.807) is 11.3 Å². The third-order valence-electron chi connectivity index (χ3n) is 5.77. The van der Waals surface area contributed by atoms with E-state index in [0.29, 0.717) is 10.6 Å². The molecule has 0 unspecified atom stereocenters. The van der Waals surface area contributed by atoms with E-state index in [-0.39, 0.29) is 5.91 Å². The minimum Gasteiger partial charge on any atom is -0.397 e. The van der Waals surface area contributed by atoms with Gasteiger partial charge in [-0.25, -0.2) is 4.98 Å². The number of rotatable bonds is 3. The number of aryl methyl sites for hydroxylation is 3. The molecule has 0 saturated heterocycles. The van der Waals surface area contributed by atoms with E-state index in [9.17, 15) is 4.79 Å². The van der Waals surface area contributed by atoms with Crippen LogP contribution in [0.4, 0.5) is 11.4 Å². The van der Waals surface area contributed by atoms with Gasteiger partial charge in [0.1, 0.15) is 9.71 Å². The molecule has 1 aliphatic rings. The van der Waals surface area contributed by atoms with Gasteiger partial charge in [0, 0.05) is 27.2 Å². The first-order valence-corrected chi connectivity index (χ1v) is 11.9. The fourth-order valence-electron chi connectivity index (χ4n) is 4.22. The number of nitrogen functional groups attached to an aromatic ring is 1. The Balaban J connectivity index is 1.66. The lowest BCUT2D eigenvalue weighted by atomic mass is 9.90. The van der Waals surface area contributed by atoms with E-state index in [1.807, 2.05) is 32.0 Å². The number of nitrogens with zero attached hydrogens (tertiary/aromatic N) is 1. The predicted octanol–water partition coefficient (Wildman–Crippen LogP) is 6.35. The number of hydrogen-bond acceptors (Lipinski definition) is 5. The number of benzene rings is 1. The molecular weight excluding hydrogens is 410 g/mol. The predicted molar refractivity (Wildman–Crippen MR) is 128 cm³/mol. The molecule has 0 spiro atoms. The quantitative estimate of drug-likeness (QED) is 0.395. The van der Waals surface area contributed by atoms with Crippen LogP contribution in [0.3, 0.4) is 0 Å². The molecule has 30 heavy (non-hydrogen) atoms. The summed E-state index contributed by atoms with van der Waals surface area (Å²) in [4.78, 5) is 20.7. The van der Waals surface area contributed by atoms with Gasteiger partial charge in [0.05, 0.1) is 5.69 Å². The van der Waals surface area contributed by atoms with Crippen molar-refractivity contribution in [3.8, 4) is 10.4 Å². The zero-order valence-corrected chi connectivity index (χ0v) is 18.7. The van der Waals surface area contributed by atoms with E-state index < -0.39 is 0 Å². The van der Waals surface area contributed by atoms with E-state index in [1.165, 1.54) is 39.5 Å². The third kappa shape index (κ3) is 3.20. The van der Waals surface area contributed by atoms with Gasteiger partial charge in [0.25, 0.3) is 5.91 Å². The Kier molecular flexibility index (Phi) is 4.83. The number of hydrogen-bond donors (Lipinski definition) is 2. The van der Waals surface area contributed by atoms with Crippen LogP contribution in [0, 0.1) is 13.8 Å². The van der Waals surface area contributed by atoms with Crippen molar-refractivity contribution in [1.29, 1.82) is 0 Å². The van der Waals surface area contributed by atoms with Crippen molar-refractivity contribution >= 4 is 50.2 Å². The summed E-state index contributed by atoms with van der Waals surface area (Å²) in [5, 5.41) is 6.09. The van der Waals surface area contributed by atoms with Crippen LogP contribution in [0.15, 0.2) is 35.7 Å². The normalized spacial score (nSPS) is 13.4. The molecule has 5 rings (SSSR count). The van der Waals surface area contributed by atoms with Gasteiger partial charge in [-0.2, -0.15) is 0 Å². The highest BCUT2D eigenvalue weighted by atomic mass is 32.1. The van der Waals surface area contributed by atoms with Crippen LogP contribution in [0.25, 0.3) is 20.7 Å². The summed E-state index contributed by atoms with van der Waals surface area (Å²) >= 11 is 3.12. The zero-order valence-electron chi connectivity index (χ0n) is 17.0. The smallest absolute Gasteiger partial charge is 0.267 e. The Morgan fingerprint density at radius 1 is 1.17 bits per heavy atom. The summed E-state index contributed by atoms with van der Waals surface area (Å²) in [7, 11) is 0. The second-order valence-corrected chi connectivity index (χ2v) is 9.84. The number of anilines is 2. The first-order valence-electron chi connectivity index (χ1n) is 10.2. The Morgan fingerprint density at radius 3 is 2.80 bits per heavy atom. The molecule has 3 aromatic heterocycles. The van der Waals surface area contributed by atoms with Crippen molar-refractivity contribution in [2.75, 3.05) is 11.1 Å². The molecule has 3 heterocycles. The maximum absolute atomic E-state index is 13.2. The van der Waals surface area contributed by atoms with Crippen molar-refractivity contribution < 1.29 is 4.79 Å². The van der Waals surface area contributed by atoms with E-state index >= 15 is 0 Å². The number of carbonyl (C=O) groups excluding carboxylic acids is 1. The van der Waals surface area contributed by atoms with Crippen molar-refractivity contribution in [1.82, 2.24) is 4.98 Å². The molecule has 0 fully saturated rings. The Morgan fingerprint density at radius 2 is 2.00 bits per heavy atom. The van der Waals surface area contributed by atoms with Gasteiger partial charge in [-0.1, -0.05) is 18.2 Å². The minimum absolute atomic E-state index is 0.167. The van der Waals surface area contributed by atoms with Gasteiger partial charge in [0.15, 0.2) is 0 Å². The van der Waals surface area contributed by atoms with Gasteiger partial charge in [-0.05, 0) is 73.7 Å². The van der Waals surface area contributed by atoms with Gasteiger partial charge in [-0.15, -0.1) is 22.7 Å². The van der Waals surface area contributed by atoms with Crippen LogP contribution in [-0.4, -0.2) is 10.9 Å². The summed E-state index contributed by atoms with van der Waals surface area (Å²) in [6.07, 6.45) is 4.34. The molecule has 4 aromatic rings. The van der Waals surface area contributed by atoms with E-state index in [2.05, 4.69) is 22.8 Å². The number of carbonyl (C=O) groups is 1. The molecule has 0 saturated carbocycles. The SMILES string of the molecule is Cc1ccc(C)c(NC(=O)c2sc3nc4c(c(-c5cccs5)c3c2N)CCCC4)c1. The van der Waals surface area contributed by atoms with Crippen LogP contribution >= 0.6 is 22.7 Å². The number of nitrogens with one attached hydrogen (secondary N) is 1. The molecule has 0 bridgehead atoms. The number of nitrogens with two attached hydrogens (primary N) is 1. The van der Waals surface area contributed by atoms with Gasteiger partial charge < -0.3 is 11.1 Å². The Bertz CT molecular complexity index is 1270. The van der Waals surface area contributed by atoms with Crippen LogP contribution in [0.5, 0.6) is 0 Å². The molecule has 1 amide bonds. The average Bonchev–Trinajstić information content (AvgIpc) is 3.38. The molecule has 1 aliphatic carbocycles. The first kappa shape index (κ1) is 19.3. The Labute approximate surface area is 183 Å². The number of amides is 1. The molecule has 4 nitrogen and oxygen atoms in total. The van der Waals surface area contributed by atoms with Crippen LogP contribution in [0.1, 0.15) is 44.9 Å². The number of pyridine rings is 1. The minimum atomic E-state index is -0.167. The van der Waals surface area contributed by atoms with Crippen LogP contribution in [-0.2, 0) is 12.8 Å². The molecule has 0 atom stereocenters. The summed E-state index contributed by atoms with van der Waals surface area (Å²) in [6, 6.07) is 10.3. The number of thiophene rings is 2. The maximum atomic E-state index is 13.2. The summed E-state index contributed by atoms with van der Waals surface area (Å²) in [5.41, 5.74) is 13.8. The standard InChI is InChI=1S/C24H23N3OS2/c1-13-9-10-14(2)17(12-13)26-23(28)22-21(25)20-19(18-8-5-11-29-18)15-6-3-4-7-16(15)27-24(20)30-22/h5,8-12H,3-4,6-7,25H2,1-2H3,(H,26,28). The lowest BCUT2D eigenvalue weighted by molar-refractivity contribution is 0.103. The molecule has 3 N–H and O–H groups in total. The zero-order chi connectivity index (χ0) is 20.8. The highest BCUT2D eigenvalue weighted by Gasteiger charge is 2.26. The van der Waals surface area contributed by atoms with Crippen molar-refractivity contribution in [3.05, 3.63) is 63.0 Å². The molecule has 152 valence electrons. The Hall–Kier alpha value is -2.70. The van der Waals surface area contributed by atoms with Crippen molar-refractivity contribution in [2.45, 2.75) is 39.5 Å². The summed E-state index contributed by atoms with van der Waals surface area (Å²) in [6.45, 7) is 4.01. The fraction of sp³-hybridized carbons (Fsp3) is 0.250. The largest absolute Gasteiger partial charge is 0.397 e. The third-order valence-corrected chi connectivity index (χ3v) is 7.75. The lowest BCUT2D eigenvalue weighted by Crippen LogP contribution is -2.13. The second-order valence-electron chi connectivity index (χ2n) is 7.89. The van der Waals surface area contributed by atoms with Gasteiger partial charge in [-0.3, -0.25) is 4.79 Å². The average molecular weight is 434 g/mol. The molecule has 6 heteroatoms. The fourth-order valence-corrected chi connectivity index (χ4v) is 6.04. The van der Waals surface area contributed by atoms with Crippen LogP contribution in [0.2, 0.25) is 0 Å². The van der Waals surface area contributed by atoms with Crippen molar-refractivity contribution in [2.24, 2.45) is 0 Å². The first-order chi connectivity index (χ1) is 14.5. The maximum Gasteiger partial charge on any atom is 0.267 e. The van der Waals surface area contributed by atoms with Gasteiger partial charge in [0.2, 0.25) is 0 Å². The number of fused-ring (bicyclic) bond motifs is 2. The summed E-state index contributed by atoms with van der Waals surface area (Å²) < 4.78 is 0. The molecule has 0 radical (unpaired) electrons. The second kappa shape index (κ2) is 7.52. The van der Waals surface area contributed by atoms with Crippen LogP contribution < -0.4 is 11.1 Å². The topological polar surface area (TPSA) is 68.0 Å². The van der Waals surface area contributed by atoms with Gasteiger partial charge >= 0.3 is 0 Å². The molecule has 1 aromatic carbocycles. The molecule has 0 aliphatic heterocycles. The van der Waals surface area contributed by atoms with E-state index in [0.717, 1.165) is 46.3 Å². The summed E-state index contributed by atoms with van der Waals surface area (Å²) in [5.74, 6) is -0.167. The van der Waals surface area contributed by atoms with Crippen molar-refractivity contribution in [3.63, 3.8) is 0 Å².